The quantitative estimate of drug-likeness (QED) is 0.621. The van der Waals surface area contributed by atoms with Gasteiger partial charge in [-0.3, -0.25) is 10.1 Å². The maximum Gasteiger partial charge on any atom is 0.309 e. The minimum atomic E-state index is -0.436. The molecule has 0 saturated carbocycles. The Bertz CT molecular complexity index is 653. The third-order valence-electron chi connectivity index (χ3n) is 2.91. The molecule has 0 aliphatic rings. The van der Waals surface area contributed by atoms with Crippen LogP contribution in [0.4, 0.5) is 5.69 Å². The van der Waals surface area contributed by atoms with Gasteiger partial charge in [-0.05, 0) is 31.4 Å². The molecule has 19 heavy (non-hydrogen) atoms. The van der Waals surface area contributed by atoms with Crippen LogP contribution in [0, 0.1) is 23.0 Å². The zero-order chi connectivity index (χ0) is 14.2. The highest BCUT2D eigenvalue weighted by atomic mass is 35.5. The first-order valence-electron chi connectivity index (χ1n) is 6.13. The molecule has 1 aromatic heterocycles. The molecule has 0 aliphatic heterocycles. The molecule has 0 unspecified atom stereocenters. The van der Waals surface area contributed by atoms with E-state index < -0.39 is 4.92 Å². The Kier molecular flexibility index (Phi) is 3.71. The van der Waals surface area contributed by atoms with Crippen LogP contribution in [-0.4, -0.2) is 9.91 Å². The molecule has 0 N–H and O–H groups in total. The van der Waals surface area contributed by atoms with E-state index in [-0.39, 0.29) is 16.6 Å². The number of nitro groups is 1. The molecule has 0 radical (unpaired) electrons. The predicted octanol–water partition coefficient (Wildman–Crippen LogP) is 4.30. The monoisotopic (exact) mass is 278 g/mol. The molecule has 2 rings (SSSR count). The largest absolute Gasteiger partial charge is 0.309 e. The number of halogens is 1. The third-order valence-corrected chi connectivity index (χ3v) is 3.29. The van der Waals surface area contributed by atoms with Gasteiger partial charge in [0.15, 0.2) is 0 Å². The van der Waals surface area contributed by atoms with Gasteiger partial charge in [0.2, 0.25) is 0 Å². The molecule has 5 heteroatoms. The van der Waals surface area contributed by atoms with Crippen LogP contribution >= 0.6 is 11.6 Å². The normalized spacial score (nSPS) is 11.2. The van der Waals surface area contributed by atoms with E-state index >= 15 is 0 Å². The summed E-state index contributed by atoms with van der Waals surface area (Å²) >= 11 is 6.22. The lowest BCUT2D eigenvalue weighted by atomic mass is 10.0. The van der Waals surface area contributed by atoms with Gasteiger partial charge in [-0.1, -0.05) is 37.1 Å². The lowest BCUT2D eigenvalue weighted by Crippen LogP contribution is -2.04. The fourth-order valence-corrected chi connectivity index (χ4v) is 2.42. The van der Waals surface area contributed by atoms with Crippen molar-refractivity contribution < 1.29 is 4.92 Å². The third kappa shape index (κ3) is 2.68. The van der Waals surface area contributed by atoms with Crippen molar-refractivity contribution in [3.05, 3.63) is 44.6 Å². The Morgan fingerprint density at radius 1 is 1.42 bits per heavy atom. The average molecular weight is 279 g/mol. The van der Waals surface area contributed by atoms with Crippen LogP contribution in [0.2, 0.25) is 5.02 Å². The molecule has 4 nitrogen and oxygen atoms in total. The van der Waals surface area contributed by atoms with Crippen molar-refractivity contribution >= 4 is 28.2 Å². The van der Waals surface area contributed by atoms with Crippen LogP contribution in [0.1, 0.15) is 25.1 Å². The first-order chi connectivity index (χ1) is 8.90. The van der Waals surface area contributed by atoms with Crippen LogP contribution in [0.15, 0.2) is 18.2 Å². The molecular formula is C14H15ClN2O2. The Morgan fingerprint density at radius 3 is 2.68 bits per heavy atom. The molecule has 0 aliphatic carbocycles. The predicted molar refractivity (Wildman–Crippen MR) is 76.7 cm³/mol. The number of fused-ring (bicyclic) bond motifs is 1. The highest BCUT2D eigenvalue weighted by Crippen LogP contribution is 2.35. The Balaban J connectivity index is 2.77. The molecule has 0 atom stereocenters. The van der Waals surface area contributed by atoms with E-state index in [0.29, 0.717) is 23.0 Å². The zero-order valence-corrected chi connectivity index (χ0v) is 11.9. The van der Waals surface area contributed by atoms with Gasteiger partial charge in [0.05, 0.1) is 10.4 Å². The number of rotatable bonds is 3. The number of hydrogen-bond donors (Lipinski definition) is 0. The Hall–Kier alpha value is -1.68. The minimum Gasteiger partial charge on any atom is -0.258 e. The fourth-order valence-electron chi connectivity index (χ4n) is 2.09. The summed E-state index contributed by atoms with van der Waals surface area (Å²) < 4.78 is 0. The van der Waals surface area contributed by atoms with Gasteiger partial charge in [0.1, 0.15) is 10.7 Å². The molecule has 1 heterocycles. The van der Waals surface area contributed by atoms with Gasteiger partial charge in [-0.15, -0.1) is 0 Å². The van der Waals surface area contributed by atoms with Crippen molar-refractivity contribution in [1.82, 2.24) is 4.98 Å². The number of nitrogens with zero attached hydrogens (tertiary/aromatic N) is 2. The summed E-state index contributed by atoms with van der Waals surface area (Å²) in [5.74, 6) is 0.283. The molecule has 0 amide bonds. The molecular weight excluding hydrogens is 264 g/mol. The van der Waals surface area contributed by atoms with Crippen molar-refractivity contribution in [2.45, 2.75) is 27.2 Å². The molecule has 0 spiro atoms. The summed E-state index contributed by atoms with van der Waals surface area (Å²) in [6.45, 7) is 5.92. The van der Waals surface area contributed by atoms with Crippen molar-refractivity contribution in [3.8, 4) is 0 Å². The van der Waals surface area contributed by atoms with E-state index in [1.807, 2.05) is 39.0 Å². The minimum absolute atomic E-state index is 0.0616. The summed E-state index contributed by atoms with van der Waals surface area (Å²) in [7, 11) is 0. The summed E-state index contributed by atoms with van der Waals surface area (Å²) in [5, 5.41) is 12.1. The SMILES string of the molecule is Cc1ccc2nc(CC(C)C)c([N+](=O)[O-])c(Cl)c2c1. The second kappa shape index (κ2) is 5.13. The van der Waals surface area contributed by atoms with Gasteiger partial charge in [-0.2, -0.15) is 0 Å². The maximum atomic E-state index is 11.2. The molecule has 0 saturated heterocycles. The number of hydrogen-bond acceptors (Lipinski definition) is 3. The van der Waals surface area contributed by atoms with Gasteiger partial charge in [0.25, 0.3) is 0 Å². The van der Waals surface area contributed by atoms with Crippen LogP contribution in [-0.2, 0) is 6.42 Å². The van der Waals surface area contributed by atoms with Crippen molar-refractivity contribution in [3.63, 3.8) is 0 Å². The standard InChI is InChI=1S/C14H15ClN2O2/c1-8(2)6-12-14(17(18)19)13(15)10-7-9(3)4-5-11(10)16-12/h4-5,7-8H,6H2,1-3H3. The summed E-state index contributed by atoms with van der Waals surface area (Å²) in [5.41, 5.74) is 2.11. The van der Waals surface area contributed by atoms with E-state index in [4.69, 9.17) is 11.6 Å². The average Bonchev–Trinajstić information content (AvgIpc) is 2.29. The number of pyridine rings is 1. The fraction of sp³-hybridized carbons (Fsp3) is 0.357. The van der Waals surface area contributed by atoms with E-state index in [1.54, 1.807) is 0 Å². The number of aromatic nitrogens is 1. The van der Waals surface area contributed by atoms with Crippen molar-refractivity contribution in [2.75, 3.05) is 0 Å². The molecule has 2 aromatic rings. The first-order valence-corrected chi connectivity index (χ1v) is 6.51. The second-order valence-electron chi connectivity index (χ2n) is 5.10. The van der Waals surface area contributed by atoms with Crippen LogP contribution < -0.4 is 0 Å². The van der Waals surface area contributed by atoms with Crippen LogP contribution in [0.25, 0.3) is 10.9 Å². The summed E-state index contributed by atoms with van der Waals surface area (Å²) in [6, 6.07) is 5.61. The summed E-state index contributed by atoms with van der Waals surface area (Å²) in [4.78, 5) is 15.2. The smallest absolute Gasteiger partial charge is 0.258 e. The Morgan fingerprint density at radius 2 is 2.11 bits per heavy atom. The highest BCUT2D eigenvalue weighted by Gasteiger charge is 2.23. The van der Waals surface area contributed by atoms with Crippen LogP contribution in [0.5, 0.6) is 0 Å². The van der Waals surface area contributed by atoms with Gasteiger partial charge < -0.3 is 0 Å². The lowest BCUT2D eigenvalue weighted by molar-refractivity contribution is -0.385. The molecule has 1 aromatic carbocycles. The first kappa shape index (κ1) is 13.7. The Labute approximate surface area is 116 Å². The highest BCUT2D eigenvalue weighted by molar-refractivity contribution is 6.37. The van der Waals surface area contributed by atoms with Gasteiger partial charge in [0, 0.05) is 5.39 Å². The zero-order valence-electron chi connectivity index (χ0n) is 11.1. The van der Waals surface area contributed by atoms with Crippen molar-refractivity contribution in [2.24, 2.45) is 5.92 Å². The molecule has 0 bridgehead atoms. The van der Waals surface area contributed by atoms with Crippen molar-refractivity contribution in [1.29, 1.82) is 0 Å². The second-order valence-corrected chi connectivity index (χ2v) is 5.47. The lowest BCUT2D eigenvalue weighted by Gasteiger charge is -2.09. The van der Waals surface area contributed by atoms with E-state index in [2.05, 4.69) is 4.98 Å². The van der Waals surface area contributed by atoms with Crippen LogP contribution in [0.3, 0.4) is 0 Å². The van der Waals surface area contributed by atoms with E-state index in [0.717, 1.165) is 5.56 Å². The van der Waals surface area contributed by atoms with Gasteiger partial charge in [-0.25, -0.2) is 4.98 Å². The van der Waals surface area contributed by atoms with E-state index in [1.165, 1.54) is 0 Å². The van der Waals surface area contributed by atoms with Gasteiger partial charge >= 0.3 is 5.69 Å². The number of aryl methyl sites for hydroxylation is 1. The van der Waals surface area contributed by atoms with E-state index in [9.17, 15) is 10.1 Å². The molecule has 100 valence electrons. The topological polar surface area (TPSA) is 56.0 Å². The summed E-state index contributed by atoms with van der Waals surface area (Å²) in [6.07, 6.45) is 0.542. The number of benzene rings is 1. The maximum absolute atomic E-state index is 11.2. The molecule has 0 fully saturated rings.